The van der Waals surface area contributed by atoms with E-state index in [4.69, 9.17) is 27.2 Å². The molecule has 0 saturated carbocycles. The fourth-order valence-electron chi connectivity index (χ4n) is 4.12. The molecule has 3 heterocycles. The highest BCUT2D eigenvalue weighted by atomic mass is 35.5. The maximum absolute atomic E-state index is 14.1. The molecule has 1 aromatic rings. The van der Waals surface area contributed by atoms with Crippen LogP contribution in [-0.4, -0.2) is 80.9 Å². The number of carbonyl (C=O) groups is 1. The zero-order chi connectivity index (χ0) is 21.1. The lowest BCUT2D eigenvalue weighted by Gasteiger charge is -2.50. The Morgan fingerprint density at radius 3 is 2.79 bits per heavy atom. The molecule has 3 aliphatic rings. The van der Waals surface area contributed by atoms with E-state index in [1.165, 1.54) is 17.0 Å². The Morgan fingerprint density at radius 1 is 1.38 bits per heavy atom. The van der Waals surface area contributed by atoms with Gasteiger partial charge in [-0.3, -0.25) is 10.8 Å². The molecule has 0 aromatic heterocycles. The average Bonchev–Trinajstić information content (AvgIpc) is 3.12. The number of aliphatic hydroxyl groups is 3. The average molecular weight is 429 g/mol. The first-order chi connectivity index (χ1) is 13.6. The molecule has 0 radical (unpaired) electrons. The minimum atomic E-state index is -2.81. The summed E-state index contributed by atoms with van der Waals surface area (Å²) in [5.41, 5.74) is -2.36. The number of hydrogen-bond acceptors (Lipinski definition) is 7. The number of nitrogens with zero attached hydrogens (tertiary/aromatic N) is 1. The van der Waals surface area contributed by atoms with Gasteiger partial charge in [0.05, 0.1) is 35.8 Å². The van der Waals surface area contributed by atoms with Gasteiger partial charge >= 0.3 is 5.97 Å². The number of carbonyl (C=O) groups excluding carboxylic acids is 1. The summed E-state index contributed by atoms with van der Waals surface area (Å²) in [6.07, 6.45) is -1.62. The summed E-state index contributed by atoms with van der Waals surface area (Å²) < 4.78 is 19.3. The van der Waals surface area contributed by atoms with Crippen LogP contribution in [0.5, 0.6) is 0 Å². The zero-order valence-electron chi connectivity index (χ0n) is 14.7. The zero-order valence-corrected chi connectivity index (χ0v) is 15.5. The minimum absolute atomic E-state index is 0.268. The van der Waals surface area contributed by atoms with Crippen LogP contribution in [0.3, 0.4) is 0 Å². The van der Waals surface area contributed by atoms with Gasteiger partial charge in [-0.1, -0.05) is 17.7 Å². The first-order valence-electron chi connectivity index (χ1n) is 8.60. The van der Waals surface area contributed by atoms with E-state index >= 15 is 0 Å². The van der Waals surface area contributed by atoms with Crippen LogP contribution in [0, 0.1) is 16.6 Å². The number of hydrogen-bond donors (Lipinski definition) is 8. The largest absolute Gasteiger partial charge is 0.451 e. The molecule has 3 fully saturated rings. The van der Waals surface area contributed by atoms with E-state index in [-0.39, 0.29) is 23.5 Å². The fraction of sp³-hybridized carbons (Fsp3) is 0.438. The van der Waals surface area contributed by atoms with Crippen molar-refractivity contribution >= 4 is 29.5 Å². The van der Waals surface area contributed by atoms with Crippen LogP contribution in [-0.2, 0) is 4.74 Å². The van der Waals surface area contributed by atoms with Gasteiger partial charge in [0, 0.05) is 0 Å². The van der Waals surface area contributed by atoms with Gasteiger partial charge in [0.15, 0.2) is 29.5 Å². The summed E-state index contributed by atoms with van der Waals surface area (Å²) in [7, 11) is 0. The molecule has 4 atom stereocenters. The van der Waals surface area contributed by atoms with Crippen LogP contribution >= 0.6 is 11.6 Å². The number of aliphatic hydroxyl groups excluding tert-OH is 1. The Kier molecular flexibility index (Phi) is 4.35. The van der Waals surface area contributed by atoms with E-state index < -0.39 is 53.6 Å². The molecule has 8 N–H and O–H groups in total. The second-order valence-electron chi connectivity index (χ2n) is 7.00. The summed E-state index contributed by atoms with van der Waals surface area (Å²) in [6, 6.07) is 1.93. The molecule has 156 valence electrons. The van der Waals surface area contributed by atoms with Crippen molar-refractivity contribution in [3.8, 4) is 0 Å². The molecular weight excluding hydrogens is 411 g/mol. The van der Waals surface area contributed by atoms with Gasteiger partial charge in [0.2, 0.25) is 5.79 Å². The van der Waals surface area contributed by atoms with E-state index in [1.54, 1.807) is 0 Å². The Morgan fingerprint density at radius 2 is 2.10 bits per heavy atom. The van der Waals surface area contributed by atoms with Crippen LogP contribution < -0.4 is 16.0 Å². The molecule has 13 heteroatoms. The molecule has 1 aromatic carbocycles. The third-order valence-electron chi connectivity index (χ3n) is 5.46. The van der Waals surface area contributed by atoms with E-state index in [9.17, 15) is 24.5 Å². The summed E-state index contributed by atoms with van der Waals surface area (Å²) in [5, 5.41) is 55.3. The van der Waals surface area contributed by atoms with Crippen LogP contribution in [0.2, 0.25) is 5.02 Å². The van der Waals surface area contributed by atoms with Crippen LogP contribution in [0.15, 0.2) is 18.2 Å². The number of benzene rings is 1. The molecule has 4 rings (SSSR count). The van der Waals surface area contributed by atoms with Crippen LogP contribution in [0.25, 0.3) is 0 Å². The first kappa shape index (κ1) is 19.6. The van der Waals surface area contributed by atoms with Crippen molar-refractivity contribution in [3.63, 3.8) is 0 Å². The number of nitrogens with one attached hydrogen (secondary N) is 5. The maximum Gasteiger partial charge on any atom is 0.341 e. The summed E-state index contributed by atoms with van der Waals surface area (Å²) in [5.74, 6) is -5.53. The van der Waals surface area contributed by atoms with E-state index in [0.717, 1.165) is 6.07 Å². The quantitative estimate of drug-likeness (QED) is 0.202. The predicted octanol–water partition coefficient (Wildman–Crippen LogP) is -1.91. The molecule has 0 amide bonds. The molecule has 2 unspecified atom stereocenters. The summed E-state index contributed by atoms with van der Waals surface area (Å²) >= 11 is 5.68. The number of ether oxygens (including phenoxy) is 1. The third-order valence-corrected chi connectivity index (χ3v) is 5.75. The van der Waals surface area contributed by atoms with Crippen molar-refractivity contribution in [3.05, 3.63) is 34.6 Å². The van der Waals surface area contributed by atoms with Crippen molar-refractivity contribution in [2.75, 3.05) is 13.2 Å². The Labute approximate surface area is 168 Å². The Bertz CT molecular complexity index is 916. The number of rotatable bonds is 3. The Balaban J connectivity index is 1.70. The molecule has 0 aliphatic carbocycles. The van der Waals surface area contributed by atoms with Gasteiger partial charge in [-0.2, -0.15) is 0 Å². The summed E-state index contributed by atoms with van der Waals surface area (Å²) in [6.45, 7) is -0.817. The maximum atomic E-state index is 14.1. The highest BCUT2D eigenvalue weighted by Crippen LogP contribution is 2.44. The van der Waals surface area contributed by atoms with Crippen LogP contribution in [0.4, 0.5) is 4.39 Å². The first-order valence-corrected chi connectivity index (χ1v) is 8.98. The highest BCUT2D eigenvalue weighted by molar-refractivity contribution is 6.31. The van der Waals surface area contributed by atoms with Crippen LogP contribution in [0.1, 0.15) is 10.4 Å². The highest BCUT2D eigenvalue weighted by Gasteiger charge is 2.75. The molecule has 29 heavy (non-hydrogen) atoms. The van der Waals surface area contributed by atoms with Gasteiger partial charge in [0.25, 0.3) is 0 Å². The van der Waals surface area contributed by atoms with E-state index in [1.807, 2.05) is 0 Å². The molecule has 3 saturated heterocycles. The molecule has 3 aliphatic heterocycles. The molecule has 11 nitrogen and oxygen atoms in total. The van der Waals surface area contributed by atoms with E-state index in [0.29, 0.717) is 0 Å². The van der Waals surface area contributed by atoms with Crippen molar-refractivity contribution in [2.24, 2.45) is 0 Å². The van der Waals surface area contributed by atoms with Crippen molar-refractivity contribution in [1.82, 2.24) is 20.9 Å². The topological polar surface area (TPSA) is 174 Å². The van der Waals surface area contributed by atoms with E-state index in [2.05, 4.69) is 16.0 Å². The van der Waals surface area contributed by atoms with Crippen molar-refractivity contribution in [2.45, 2.75) is 29.6 Å². The van der Waals surface area contributed by atoms with Gasteiger partial charge in [-0.25, -0.2) is 9.18 Å². The van der Waals surface area contributed by atoms with Gasteiger partial charge < -0.3 is 40.9 Å². The second kappa shape index (κ2) is 6.42. The van der Waals surface area contributed by atoms with Gasteiger partial charge in [0.1, 0.15) is 0 Å². The smallest absolute Gasteiger partial charge is 0.341 e. The van der Waals surface area contributed by atoms with Gasteiger partial charge in [-0.15, -0.1) is 0 Å². The predicted molar refractivity (Wildman–Crippen MR) is 96.7 cm³/mol. The second-order valence-corrected chi connectivity index (χ2v) is 7.41. The third kappa shape index (κ3) is 2.56. The monoisotopic (exact) mass is 428 g/mol. The molecular formula is C16H18ClFN6O5. The Hall–Kier alpha value is -2.67. The lowest BCUT2D eigenvalue weighted by atomic mass is 9.85. The molecule has 1 spiro atoms. The lowest BCUT2D eigenvalue weighted by Crippen LogP contribution is -2.80. The standard InChI is InChI=1S/C16H18ClFN6O5/c17-7-3-1-2-6(10(7)18)12(26)29-9-4-24-14(20)21-8(5-25)11-15(24,16(9,27)28)23-13(19)22-11/h1-3,8-9,11,25,27-28H,4-5H2,(H2,20,21)(H3,19,22,23)/t8-,9-,11?,15?/m0/s1. The minimum Gasteiger partial charge on any atom is -0.451 e. The lowest BCUT2D eigenvalue weighted by molar-refractivity contribution is -0.258. The number of esters is 1. The SMILES string of the molecule is N=C1NC2[C@H](CO)NC(=N)N3C[C@H](OC(=O)c4cccc(Cl)c4F)C(O)(O)C23N1. The van der Waals surface area contributed by atoms with Crippen molar-refractivity contribution in [1.29, 1.82) is 10.8 Å². The normalized spacial score (nSPS) is 32.0. The van der Waals surface area contributed by atoms with Crippen molar-refractivity contribution < 1.29 is 29.2 Å². The molecule has 0 bridgehead atoms. The number of guanidine groups is 2. The fourth-order valence-corrected chi connectivity index (χ4v) is 4.30. The summed E-state index contributed by atoms with van der Waals surface area (Å²) in [4.78, 5) is 13.7. The van der Waals surface area contributed by atoms with Gasteiger partial charge in [-0.05, 0) is 12.1 Å². The number of halogens is 2.